The fourth-order valence-corrected chi connectivity index (χ4v) is 1.76. The fraction of sp³-hybridized carbons (Fsp3) is 0.200. The van der Waals surface area contributed by atoms with Crippen molar-refractivity contribution in [2.45, 2.75) is 13.2 Å². The van der Waals surface area contributed by atoms with Gasteiger partial charge in [0.15, 0.2) is 11.6 Å². The van der Waals surface area contributed by atoms with E-state index in [1.165, 1.54) is 12.3 Å². The van der Waals surface area contributed by atoms with E-state index in [4.69, 9.17) is 10.00 Å². The molecule has 0 aliphatic rings. The minimum Gasteiger partial charge on any atom is -0.486 e. The van der Waals surface area contributed by atoms with Gasteiger partial charge in [0.2, 0.25) is 0 Å². The zero-order valence-electron chi connectivity index (χ0n) is 11.1. The molecule has 0 radical (unpaired) electrons. The standard InChI is InChI=1S/C15H14FN3O/c1-18-9-11-2-3-15(14(16)7-11)20-10-12-4-5-19-13(6-12)8-17/h2-7,18H,9-10H2,1H3. The van der Waals surface area contributed by atoms with Gasteiger partial charge in [-0.2, -0.15) is 5.26 Å². The van der Waals surface area contributed by atoms with Crippen LogP contribution >= 0.6 is 0 Å². The van der Waals surface area contributed by atoms with Crippen LogP contribution in [0.4, 0.5) is 4.39 Å². The fourth-order valence-electron chi connectivity index (χ4n) is 1.76. The number of benzene rings is 1. The summed E-state index contributed by atoms with van der Waals surface area (Å²) in [6, 6.07) is 10.2. The van der Waals surface area contributed by atoms with Crippen LogP contribution in [0.5, 0.6) is 5.75 Å². The van der Waals surface area contributed by atoms with Crippen molar-refractivity contribution in [1.29, 1.82) is 5.26 Å². The Balaban J connectivity index is 2.05. The first-order chi connectivity index (χ1) is 9.72. The van der Waals surface area contributed by atoms with Gasteiger partial charge in [0.1, 0.15) is 18.4 Å². The Hall–Kier alpha value is -2.45. The van der Waals surface area contributed by atoms with Gasteiger partial charge in [-0.3, -0.25) is 0 Å². The molecule has 0 amide bonds. The quantitative estimate of drug-likeness (QED) is 0.907. The highest BCUT2D eigenvalue weighted by Crippen LogP contribution is 2.19. The predicted molar refractivity (Wildman–Crippen MR) is 72.4 cm³/mol. The van der Waals surface area contributed by atoms with E-state index in [2.05, 4.69) is 10.3 Å². The number of pyridine rings is 1. The monoisotopic (exact) mass is 271 g/mol. The van der Waals surface area contributed by atoms with Crippen LogP contribution in [0.15, 0.2) is 36.5 Å². The van der Waals surface area contributed by atoms with Gasteiger partial charge in [-0.1, -0.05) is 6.07 Å². The van der Waals surface area contributed by atoms with Crippen molar-refractivity contribution >= 4 is 0 Å². The molecule has 0 atom stereocenters. The third kappa shape index (κ3) is 3.53. The average molecular weight is 271 g/mol. The number of aromatic nitrogens is 1. The van der Waals surface area contributed by atoms with Crippen molar-refractivity contribution in [3.05, 3.63) is 59.2 Å². The molecule has 2 rings (SSSR count). The van der Waals surface area contributed by atoms with Gasteiger partial charge in [0.25, 0.3) is 0 Å². The zero-order valence-corrected chi connectivity index (χ0v) is 11.1. The van der Waals surface area contributed by atoms with E-state index in [1.807, 2.05) is 12.1 Å². The summed E-state index contributed by atoms with van der Waals surface area (Å²) >= 11 is 0. The molecule has 0 aliphatic heterocycles. The molecule has 1 aromatic heterocycles. The Kier molecular flexibility index (Phi) is 4.64. The van der Waals surface area contributed by atoms with Gasteiger partial charge in [-0.25, -0.2) is 9.37 Å². The third-order valence-electron chi connectivity index (χ3n) is 2.71. The first-order valence-corrected chi connectivity index (χ1v) is 6.14. The maximum atomic E-state index is 13.8. The lowest BCUT2D eigenvalue weighted by atomic mass is 10.2. The molecule has 2 aromatic rings. The van der Waals surface area contributed by atoms with Crippen molar-refractivity contribution in [2.24, 2.45) is 0 Å². The minimum absolute atomic E-state index is 0.194. The Labute approximate surface area is 116 Å². The molecule has 5 heteroatoms. The molecule has 1 N–H and O–H groups in total. The van der Waals surface area contributed by atoms with Gasteiger partial charge >= 0.3 is 0 Å². The molecule has 1 aromatic carbocycles. The summed E-state index contributed by atoms with van der Waals surface area (Å²) in [5.41, 5.74) is 1.94. The van der Waals surface area contributed by atoms with Gasteiger partial charge in [0.05, 0.1) is 0 Å². The van der Waals surface area contributed by atoms with Crippen LogP contribution in [0.25, 0.3) is 0 Å². The number of nitriles is 1. The van der Waals surface area contributed by atoms with Gasteiger partial charge in [0, 0.05) is 12.7 Å². The number of rotatable bonds is 5. The maximum absolute atomic E-state index is 13.8. The van der Waals surface area contributed by atoms with Gasteiger partial charge < -0.3 is 10.1 Å². The number of ether oxygens (including phenoxy) is 1. The van der Waals surface area contributed by atoms with Crippen LogP contribution in [0.3, 0.4) is 0 Å². The lowest BCUT2D eigenvalue weighted by Gasteiger charge is -2.09. The van der Waals surface area contributed by atoms with Gasteiger partial charge in [-0.15, -0.1) is 0 Å². The van der Waals surface area contributed by atoms with Crippen LogP contribution in [0, 0.1) is 17.1 Å². The molecule has 4 nitrogen and oxygen atoms in total. The summed E-state index contributed by atoms with van der Waals surface area (Å²) in [6.45, 7) is 0.798. The Morgan fingerprint density at radius 3 is 2.85 bits per heavy atom. The molecule has 0 fully saturated rings. The summed E-state index contributed by atoms with van der Waals surface area (Å²) in [4.78, 5) is 3.86. The number of hydrogen-bond donors (Lipinski definition) is 1. The molecule has 0 saturated carbocycles. The van der Waals surface area contributed by atoms with Gasteiger partial charge in [-0.05, 0) is 42.4 Å². The number of hydrogen-bond acceptors (Lipinski definition) is 4. The first-order valence-electron chi connectivity index (χ1n) is 6.14. The minimum atomic E-state index is -0.396. The van der Waals surface area contributed by atoms with E-state index in [0.717, 1.165) is 11.1 Å². The molecule has 1 heterocycles. The van der Waals surface area contributed by atoms with E-state index in [1.54, 1.807) is 25.2 Å². The lowest BCUT2D eigenvalue weighted by Crippen LogP contribution is -2.05. The summed E-state index contributed by atoms with van der Waals surface area (Å²) in [7, 11) is 1.80. The van der Waals surface area contributed by atoms with Crippen molar-refractivity contribution < 1.29 is 9.13 Å². The second-order valence-corrected chi connectivity index (χ2v) is 4.24. The van der Waals surface area contributed by atoms with Crippen LogP contribution in [-0.2, 0) is 13.2 Å². The van der Waals surface area contributed by atoms with E-state index in [0.29, 0.717) is 12.2 Å². The van der Waals surface area contributed by atoms with E-state index < -0.39 is 5.82 Å². The number of halogens is 1. The molecule has 0 spiro atoms. The highest BCUT2D eigenvalue weighted by Gasteiger charge is 2.05. The van der Waals surface area contributed by atoms with Crippen molar-refractivity contribution in [3.8, 4) is 11.8 Å². The summed E-state index contributed by atoms with van der Waals surface area (Å²) in [6.07, 6.45) is 1.53. The van der Waals surface area contributed by atoms with E-state index in [-0.39, 0.29) is 12.4 Å². The van der Waals surface area contributed by atoms with E-state index >= 15 is 0 Å². The molecule has 0 bridgehead atoms. The van der Waals surface area contributed by atoms with Crippen molar-refractivity contribution in [1.82, 2.24) is 10.3 Å². The lowest BCUT2D eigenvalue weighted by molar-refractivity contribution is 0.290. The van der Waals surface area contributed by atoms with Crippen LogP contribution in [-0.4, -0.2) is 12.0 Å². The Morgan fingerprint density at radius 1 is 1.30 bits per heavy atom. The topological polar surface area (TPSA) is 57.9 Å². The molecule has 0 aliphatic carbocycles. The largest absolute Gasteiger partial charge is 0.486 e. The number of nitrogens with one attached hydrogen (secondary N) is 1. The van der Waals surface area contributed by atoms with Crippen LogP contribution < -0.4 is 10.1 Å². The Bertz CT molecular complexity index is 637. The predicted octanol–water partition coefficient (Wildman–Crippen LogP) is 2.39. The highest BCUT2D eigenvalue weighted by molar-refractivity contribution is 5.30. The van der Waals surface area contributed by atoms with Crippen molar-refractivity contribution in [2.75, 3.05) is 7.05 Å². The Morgan fingerprint density at radius 2 is 2.15 bits per heavy atom. The number of nitrogens with zero attached hydrogens (tertiary/aromatic N) is 2. The average Bonchev–Trinajstić information content (AvgIpc) is 2.47. The van der Waals surface area contributed by atoms with Crippen LogP contribution in [0.1, 0.15) is 16.8 Å². The molecular weight excluding hydrogens is 257 g/mol. The normalized spacial score (nSPS) is 10.1. The zero-order chi connectivity index (χ0) is 14.4. The molecule has 0 saturated heterocycles. The molecule has 102 valence electrons. The van der Waals surface area contributed by atoms with Crippen LogP contribution in [0.2, 0.25) is 0 Å². The first kappa shape index (κ1) is 14.0. The molecule has 20 heavy (non-hydrogen) atoms. The summed E-state index contributed by atoms with van der Waals surface area (Å²) in [5, 5.41) is 11.7. The smallest absolute Gasteiger partial charge is 0.165 e. The maximum Gasteiger partial charge on any atom is 0.165 e. The molecular formula is C15H14FN3O. The SMILES string of the molecule is CNCc1ccc(OCc2ccnc(C#N)c2)c(F)c1. The van der Waals surface area contributed by atoms with E-state index in [9.17, 15) is 4.39 Å². The van der Waals surface area contributed by atoms with Crippen molar-refractivity contribution in [3.63, 3.8) is 0 Å². The summed E-state index contributed by atoms with van der Waals surface area (Å²) in [5.74, 6) is -0.201. The third-order valence-corrected chi connectivity index (χ3v) is 2.71. The summed E-state index contributed by atoms with van der Waals surface area (Å²) < 4.78 is 19.2. The second-order valence-electron chi connectivity index (χ2n) is 4.24. The highest BCUT2D eigenvalue weighted by atomic mass is 19.1. The second kappa shape index (κ2) is 6.64. The molecule has 0 unspecified atom stereocenters.